The molecule has 7 nitrogen and oxygen atoms in total. The number of hydrogen-bond acceptors (Lipinski definition) is 7. The van der Waals surface area contributed by atoms with E-state index in [1.807, 2.05) is 6.20 Å². The van der Waals surface area contributed by atoms with Crippen molar-refractivity contribution in [1.82, 2.24) is 24.9 Å². The molecule has 0 bridgehead atoms. The van der Waals surface area contributed by atoms with Crippen LogP contribution in [-0.2, 0) is 6.42 Å². The Morgan fingerprint density at radius 2 is 1.94 bits per heavy atom. The molecule has 35 heavy (non-hydrogen) atoms. The minimum Gasteiger partial charge on any atom is -0.355 e. The van der Waals surface area contributed by atoms with Crippen LogP contribution in [0.1, 0.15) is 44.0 Å². The molecule has 1 saturated heterocycles. The van der Waals surface area contributed by atoms with Crippen LogP contribution in [0, 0.1) is 17.8 Å². The average molecular weight is 506 g/mol. The largest absolute Gasteiger partial charge is 0.355 e. The van der Waals surface area contributed by atoms with Gasteiger partial charge in [0.2, 0.25) is 0 Å². The van der Waals surface area contributed by atoms with E-state index < -0.39 is 0 Å². The molecule has 4 heterocycles. The number of halogens is 1. The first-order valence-corrected chi connectivity index (χ1v) is 13.7. The number of H-pyrrole nitrogens is 1. The SMILES string of the molecule is CCc1[nH]c2nc(Sc3ccc4nc(C5CC(C)C5)cnc4c3)nc(N3C[C@@H]4C(N)[C@@H]4C3)c2c1Cl. The first kappa shape index (κ1) is 21.8. The summed E-state index contributed by atoms with van der Waals surface area (Å²) in [4.78, 5) is 26.3. The van der Waals surface area contributed by atoms with Crippen LogP contribution in [-0.4, -0.2) is 44.1 Å². The molecule has 0 radical (unpaired) electrons. The smallest absolute Gasteiger partial charge is 0.196 e. The van der Waals surface area contributed by atoms with Gasteiger partial charge in [0.15, 0.2) is 5.16 Å². The van der Waals surface area contributed by atoms with Gasteiger partial charge in [-0.2, -0.15) is 0 Å². The van der Waals surface area contributed by atoms with Crippen LogP contribution in [0.5, 0.6) is 0 Å². The Morgan fingerprint density at radius 1 is 1.14 bits per heavy atom. The molecule has 4 aromatic rings. The van der Waals surface area contributed by atoms with Gasteiger partial charge in [-0.25, -0.2) is 15.0 Å². The van der Waals surface area contributed by atoms with Gasteiger partial charge in [-0.3, -0.25) is 4.98 Å². The quantitative estimate of drug-likeness (QED) is 0.361. The summed E-state index contributed by atoms with van der Waals surface area (Å²) < 4.78 is 0. The number of benzene rings is 1. The van der Waals surface area contributed by atoms with E-state index in [2.05, 4.69) is 41.9 Å². The number of hydrogen-bond donors (Lipinski definition) is 2. The molecule has 7 rings (SSSR count). The predicted molar refractivity (Wildman–Crippen MR) is 140 cm³/mol. The maximum absolute atomic E-state index is 6.77. The Labute approximate surface area is 213 Å². The third-order valence-corrected chi connectivity index (χ3v) is 9.34. The molecule has 3 atom stereocenters. The Morgan fingerprint density at radius 3 is 2.69 bits per heavy atom. The molecule has 9 heteroatoms. The summed E-state index contributed by atoms with van der Waals surface area (Å²) in [5.41, 5.74) is 11.0. The van der Waals surface area contributed by atoms with Crippen molar-refractivity contribution in [1.29, 1.82) is 0 Å². The van der Waals surface area contributed by atoms with Crippen molar-refractivity contribution in [2.45, 2.75) is 55.1 Å². The molecule has 0 amide bonds. The van der Waals surface area contributed by atoms with Crippen LogP contribution < -0.4 is 10.6 Å². The Kier molecular flexibility index (Phi) is 5.02. The zero-order valence-corrected chi connectivity index (χ0v) is 21.4. The Bertz CT molecular complexity index is 1450. The molecule has 1 aromatic carbocycles. The number of rotatable bonds is 5. The highest BCUT2D eigenvalue weighted by atomic mass is 35.5. The standard InChI is InChI=1S/C26H28ClN7S/c1-3-17-22(27)21-24(31-17)32-26(33-25(21)34-10-15-16(11-34)23(15)28)35-14-4-5-18-19(8-14)29-9-20(30-18)13-6-12(2)7-13/h4-5,8-9,12-13,15-16,23H,3,6-7,10-11,28H2,1-2H3,(H,31,32,33)/t12?,13?,15-,16+,23?. The van der Waals surface area contributed by atoms with Crippen molar-refractivity contribution >= 4 is 51.2 Å². The van der Waals surface area contributed by atoms with E-state index in [-0.39, 0.29) is 0 Å². The van der Waals surface area contributed by atoms with E-state index in [1.165, 1.54) is 12.8 Å². The number of aryl methyl sites for hydroxylation is 1. The van der Waals surface area contributed by atoms with Crippen LogP contribution in [0.3, 0.4) is 0 Å². The number of anilines is 1. The molecule has 180 valence electrons. The lowest BCUT2D eigenvalue weighted by molar-refractivity contribution is 0.283. The van der Waals surface area contributed by atoms with Crippen molar-refractivity contribution in [3.8, 4) is 0 Å². The lowest BCUT2D eigenvalue weighted by Crippen LogP contribution is -2.29. The van der Waals surface area contributed by atoms with Gasteiger partial charge in [0.05, 0.1) is 27.1 Å². The fraction of sp³-hybridized carbons (Fsp3) is 0.462. The topological polar surface area (TPSA) is 96.6 Å². The molecule has 3 fully saturated rings. The van der Waals surface area contributed by atoms with E-state index in [0.29, 0.717) is 29.0 Å². The van der Waals surface area contributed by atoms with Crippen LogP contribution in [0.4, 0.5) is 5.82 Å². The second kappa shape index (κ2) is 8.05. The molecule has 0 spiro atoms. The molecule has 2 aliphatic carbocycles. The summed E-state index contributed by atoms with van der Waals surface area (Å²) in [7, 11) is 0. The normalized spacial score (nSPS) is 27.4. The minimum atomic E-state index is 0.331. The maximum atomic E-state index is 6.77. The molecular formula is C26H28ClN7S. The summed E-state index contributed by atoms with van der Waals surface area (Å²) in [5, 5.41) is 2.35. The van der Waals surface area contributed by atoms with E-state index in [4.69, 9.17) is 37.3 Å². The third-order valence-electron chi connectivity index (χ3n) is 8.07. The van der Waals surface area contributed by atoms with Crippen LogP contribution in [0.25, 0.3) is 22.1 Å². The average Bonchev–Trinajstić information content (AvgIpc) is 3.16. The highest BCUT2D eigenvalue weighted by Crippen LogP contribution is 2.47. The van der Waals surface area contributed by atoms with Gasteiger partial charge in [0.25, 0.3) is 0 Å². The van der Waals surface area contributed by atoms with Gasteiger partial charge in [0, 0.05) is 41.8 Å². The van der Waals surface area contributed by atoms with Gasteiger partial charge in [-0.1, -0.05) is 25.4 Å². The number of aromatic amines is 1. The first-order valence-electron chi connectivity index (χ1n) is 12.5. The number of aromatic nitrogens is 5. The van der Waals surface area contributed by atoms with Crippen molar-refractivity contribution in [3.63, 3.8) is 0 Å². The molecule has 3 aliphatic rings. The lowest BCUT2D eigenvalue weighted by Gasteiger charge is -2.31. The fourth-order valence-electron chi connectivity index (χ4n) is 5.85. The maximum Gasteiger partial charge on any atom is 0.196 e. The van der Waals surface area contributed by atoms with Crippen molar-refractivity contribution in [2.24, 2.45) is 23.5 Å². The monoisotopic (exact) mass is 505 g/mol. The Hall–Kier alpha value is -2.42. The predicted octanol–water partition coefficient (Wildman–Crippen LogP) is 5.17. The van der Waals surface area contributed by atoms with Crippen molar-refractivity contribution in [3.05, 3.63) is 40.8 Å². The molecule has 3 aromatic heterocycles. The minimum absolute atomic E-state index is 0.331. The van der Waals surface area contributed by atoms with E-state index in [9.17, 15) is 0 Å². The van der Waals surface area contributed by atoms with Gasteiger partial charge in [-0.05, 0) is 67.0 Å². The number of nitrogens with zero attached hydrogens (tertiary/aromatic N) is 5. The summed E-state index contributed by atoms with van der Waals surface area (Å²) in [5.74, 6) is 3.39. The lowest BCUT2D eigenvalue weighted by atomic mass is 9.74. The second-order valence-corrected chi connectivity index (χ2v) is 11.9. The van der Waals surface area contributed by atoms with Crippen LogP contribution >= 0.6 is 23.4 Å². The summed E-state index contributed by atoms with van der Waals surface area (Å²) >= 11 is 8.32. The fourth-order valence-corrected chi connectivity index (χ4v) is 6.99. The van der Waals surface area contributed by atoms with Gasteiger partial charge in [0.1, 0.15) is 11.5 Å². The summed E-state index contributed by atoms with van der Waals surface area (Å²) in [6.07, 6.45) is 5.19. The number of piperidine rings is 1. The van der Waals surface area contributed by atoms with Crippen molar-refractivity contribution in [2.75, 3.05) is 18.0 Å². The zero-order chi connectivity index (χ0) is 23.8. The summed E-state index contributed by atoms with van der Waals surface area (Å²) in [6.45, 7) is 6.25. The second-order valence-electron chi connectivity index (χ2n) is 10.5. The molecular weight excluding hydrogens is 478 g/mol. The zero-order valence-electron chi connectivity index (χ0n) is 19.8. The highest BCUT2D eigenvalue weighted by molar-refractivity contribution is 7.99. The molecule has 1 aliphatic heterocycles. The van der Waals surface area contributed by atoms with E-state index in [0.717, 1.165) is 74.6 Å². The molecule has 2 saturated carbocycles. The number of nitrogens with one attached hydrogen (secondary N) is 1. The van der Waals surface area contributed by atoms with Gasteiger partial charge < -0.3 is 15.6 Å². The number of fused-ring (bicyclic) bond motifs is 3. The summed E-state index contributed by atoms with van der Waals surface area (Å²) in [6, 6.07) is 6.56. The van der Waals surface area contributed by atoms with E-state index in [1.54, 1.807) is 11.8 Å². The first-order chi connectivity index (χ1) is 17.0. The van der Waals surface area contributed by atoms with E-state index >= 15 is 0 Å². The van der Waals surface area contributed by atoms with Crippen molar-refractivity contribution < 1.29 is 0 Å². The van der Waals surface area contributed by atoms with Gasteiger partial charge >= 0.3 is 0 Å². The Balaban J connectivity index is 1.22. The highest BCUT2D eigenvalue weighted by Gasteiger charge is 2.54. The number of nitrogens with two attached hydrogens (primary N) is 1. The van der Waals surface area contributed by atoms with Crippen LogP contribution in [0.2, 0.25) is 5.02 Å². The molecule has 3 N–H and O–H groups in total. The van der Waals surface area contributed by atoms with Gasteiger partial charge in [-0.15, -0.1) is 0 Å². The third kappa shape index (κ3) is 3.60. The van der Waals surface area contributed by atoms with Crippen LogP contribution in [0.15, 0.2) is 34.4 Å². The molecule has 1 unspecified atom stereocenters.